The van der Waals surface area contributed by atoms with Gasteiger partial charge in [-0.15, -0.1) is 0 Å². The van der Waals surface area contributed by atoms with E-state index in [1.165, 1.54) is 31.4 Å². The number of carbonyl (C=O) groups excluding carboxylic acids is 2. The third-order valence-corrected chi connectivity index (χ3v) is 5.91. The molecule has 174 valence electrons. The minimum Gasteiger partial charge on any atom is -0.493 e. The lowest BCUT2D eigenvalue weighted by molar-refractivity contribution is -0.112. The highest BCUT2D eigenvalue weighted by molar-refractivity contribution is 7.90. The molecule has 0 saturated carbocycles. The first-order valence-corrected chi connectivity index (χ1v) is 12.2. The van der Waals surface area contributed by atoms with E-state index in [4.69, 9.17) is 9.47 Å². The molecule has 10 nitrogen and oxygen atoms in total. The maximum Gasteiger partial charge on any atom is 0.343 e. The number of hydrogen-bond donors (Lipinski definition) is 1. The van der Waals surface area contributed by atoms with Crippen LogP contribution in [0.25, 0.3) is 6.08 Å². The Morgan fingerprint density at radius 1 is 1.15 bits per heavy atom. The zero-order chi connectivity index (χ0) is 24.9. The van der Waals surface area contributed by atoms with Crippen LogP contribution < -0.4 is 14.8 Å². The molecule has 0 aliphatic carbocycles. The van der Waals surface area contributed by atoms with Crippen LogP contribution in [0.4, 0.5) is 5.13 Å². The first-order chi connectivity index (χ1) is 16.1. The molecule has 3 aromatic rings. The van der Waals surface area contributed by atoms with Gasteiger partial charge in [0.25, 0.3) is 11.1 Å². The van der Waals surface area contributed by atoms with Crippen molar-refractivity contribution in [1.29, 1.82) is 5.26 Å². The highest BCUT2D eigenvalue weighted by Crippen LogP contribution is 2.30. The highest BCUT2D eigenvalue weighted by atomic mass is 32.2. The van der Waals surface area contributed by atoms with Gasteiger partial charge in [0.15, 0.2) is 11.5 Å². The van der Waals surface area contributed by atoms with E-state index in [1.807, 2.05) is 6.92 Å². The number of hydrogen-bond acceptors (Lipinski definition) is 10. The summed E-state index contributed by atoms with van der Waals surface area (Å²) in [5.41, 5.74) is 1.52. The highest BCUT2D eigenvalue weighted by Gasteiger charge is 2.18. The molecule has 1 N–H and O–H groups in total. The van der Waals surface area contributed by atoms with Gasteiger partial charge in [-0.05, 0) is 42.8 Å². The minimum absolute atomic E-state index is 0.0671. The molecular formula is C22H18N4O6S2. The predicted octanol–water partition coefficient (Wildman–Crippen LogP) is 3.02. The number of nitrogens with one attached hydrogen (secondary N) is 1. The summed E-state index contributed by atoms with van der Waals surface area (Å²) in [6.07, 6.45) is 2.23. The summed E-state index contributed by atoms with van der Waals surface area (Å²) in [5, 5.41) is 11.3. The van der Waals surface area contributed by atoms with Crippen LogP contribution in [0.15, 0.2) is 53.2 Å². The lowest BCUT2D eigenvalue weighted by Crippen LogP contribution is -2.13. The Morgan fingerprint density at radius 2 is 1.85 bits per heavy atom. The topological polar surface area (TPSA) is 148 Å². The van der Waals surface area contributed by atoms with Gasteiger partial charge in [0, 0.05) is 17.8 Å². The zero-order valence-electron chi connectivity index (χ0n) is 18.2. The minimum atomic E-state index is -3.62. The van der Waals surface area contributed by atoms with Gasteiger partial charge in [-0.1, -0.05) is 23.8 Å². The van der Waals surface area contributed by atoms with E-state index in [0.717, 1.165) is 11.8 Å². The second-order valence-electron chi connectivity index (χ2n) is 6.94. The lowest BCUT2D eigenvalue weighted by Gasteiger charge is -2.10. The van der Waals surface area contributed by atoms with Gasteiger partial charge in [0.2, 0.25) is 15.0 Å². The third kappa shape index (κ3) is 6.03. The van der Waals surface area contributed by atoms with Crippen LogP contribution in [-0.2, 0) is 14.6 Å². The van der Waals surface area contributed by atoms with Crippen LogP contribution in [0.1, 0.15) is 21.5 Å². The molecule has 0 unspecified atom stereocenters. The third-order valence-electron chi connectivity index (χ3n) is 4.31. The summed E-state index contributed by atoms with van der Waals surface area (Å²) in [6.45, 7) is 1.90. The van der Waals surface area contributed by atoms with Crippen LogP contribution in [0, 0.1) is 18.3 Å². The molecule has 0 aliphatic heterocycles. The molecule has 2 aromatic carbocycles. The molecule has 34 heavy (non-hydrogen) atoms. The number of esters is 1. The molecule has 12 heteroatoms. The summed E-state index contributed by atoms with van der Waals surface area (Å²) in [6, 6.07) is 13.2. The number of methoxy groups -OCH3 is 1. The SMILES string of the molecule is COc1cc(/C=C(/C#N)C(=O)Nc2nc(S(C)(=O)=O)ns2)ccc1OC(=O)c1ccc(C)cc1. The maximum absolute atomic E-state index is 12.4. The fourth-order valence-electron chi connectivity index (χ4n) is 2.60. The maximum atomic E-state index is 12.4. The number of benzene rings is 2. The van der Waals surface area contributed by atoms with E-state index in [2.05, 4.69) is 14.7 Å². The fraction of sp³-hybridized carbons (Fsp3) is 0.136. The molecule has 1 amide bonds. The summed E-state index contributed by atoms with van der Waals surface area (Å²) in [4.78, 5) is 28.6. The summed E-state index contributed by atoms with van der Waals surface area (Å²) < 4.78 is 37.3. The van der Waals surface area contributed by atoms with Crippen LogP contribution >= 0.6 is 11.5 Å². The Bertz CT molecular complexity index is 1420. The van der Waals surface area contributed by atoms with Crippen molar-refractivity contribution in [3.63, 3.8) is 0 Å². The standard InChI is InChI=1S/C22H18N4O6S2/c1-13-4-7-15(8-5-13)20(28)32-17-9-6-14(11-18(17)31-2)10-16(12-23)19(27)24-21-25-22(26-33-21)34(3,29)30/h4-11H,1-3H3,(H,24,25,26,27)/b16-10-. The number of amides is 1. The monoisotopic (exact) mass is 498 g/mol. The van der Waals surface area contributed by atoms with Crippen molar-refractivity contribution in [2.75, 3.05) is 18.7 Å². The second kappa shape index (κ2) is 10.2. The van der Waals surface area contributed by atoms with Gasteiger partial charge in [-0.2, -0.15) is 14.6 Å². The van der Waals surface area contributed by atoms with Crippen molar-refractivity contribution in [1.82, 2.24) is 9.36 Å². The molecule has 0 saturated heterocycles. The van der Waals surface area contributed by atoms with Crippen molar-refractivity contribution in [2.45, 2.75) is 12.1 Å². The van der Waals surface area contributed by atoms with E-state index >= 15 is 0 Å². The van der Waals surface area contributed by atoms with E-state index in [1.54, 1.807) is 30.3 Å². The van der Waals surface area contributed by atoms with Gasteiger partial charge in [-0.25, -0.2) is 13.2 Å². The molecule has 0 spiro atoms. The predicted molar refractivity (Wildman–Crippen MR) is 124 cm³/mol. The van der Waals surface area contributed by atoms with Crippen LogP contribution in [0.3, 0.4) is 0 Å². The summed E-state index contributed by atoms with van der Waals surface area (Å²) in [5.74, 6) is -0.985. The van der Waals surface area contributed by atoms with Gasteiger partial charge >= 0.3 is 5.97 Å². The largest absolute Gasteiger partial charge is 0.493 e. The Labute approximate surface area is 199 Å². The second-order valence-corrected chi connectivity index (χ2v) is 9.61. The van der Waals surface area contributed by atoms with Crippen molar-refractivity contribution < 1.29 is 27.5 Å². The number of rotatable bonds is 7. The van der Waals surface area contributed by atoms with Crippen molar-refractivity contribution >= 4 is 44.5 Å². The number of ether oxygens (including phenoxy) is 2. The van der Waals surface area contributed by atoms with Crippen LogP contribution in [0.2, 0.25) is 0 Å². The van der Waals surface area contributed by atoms with Crippen molar-refractivity contribution in [2.24, 2.45) is 0 Å². The first kappa shape index (κ1) is 24.6. The molecule has 0 atom stereocenters. The quantitative estimate of drug-likeness (QED) is 0.224. The Kier molecular flexibility index (Phi) is 7.40. The molecule has 0 aliphatic rings. The van der Waals surface area contributed by atoms with E-state index in [9.17, 15) is 23.3 Å². The Balaban J connectivity index is 1.78. The van der Waals surface area contributed by atoms with Gasteiger partial charge in [-0.3, -0.25) is 10.1 Å². The molecular weight excluding hydrogens is 480 g/mol. The average Bonchev–Trinajstić information content (AvgIpc) is 3.27. The fourth-order valence-corrected chi connectivity index (χ4v) is 4.04. The normalized spacial score (nSPS) is 11.4. The molecule has 0 radical (unpaired) electrons. The molecule has 1 heterocycles. The number of nitrogens with zero attached hydrogens (tertiary/aromatic N) is 3. The van der Waals surface area contributed by atoms with Gasteiger partial charge in [0.1, 0.15) is 11.6 Å². The van der Waals surface area contributed by atoms with E-state index in [0.29, 0.717) is 22.7 Å². The average molecular weight is 499 g/mol. The molecule has 3 rings (SSSR count). The summed E-state index contributed by atoms with van der Waals surface area (Å²) >= 11 is 0.674. The smallest absolute Gasteiger partial charge is 0.343 e. The Morgan fingerprint density at radius 3 is 2.44 bits per heavy atom. The number of anilines is 1. The van der Waals surface area contributed by atoms with Crippen molar-refractivity contribution in [3.05, 3.63) is 64.7 Å². The van der Waals surface area contributed by atoms with E-state index in [-0.39, 0.29) is 22.2 Å². The lowest BCUT2D eigenvalue weighted by atomic mass is 10.1. The van der Waals surface area contributed by atoms with Crippen molar-refractivity contribution in [3.8, 4) is 17.6 Å². The molecule has 1 aromatic heterocycles. The summed E-state index contributed by atoms with van der Waals surface area (Å²) in [7, 11) is -2.24. The number of carbonyl (C=O) groups is 2. The van der Waals surface area contributed by atoms with Crippen LogP contribution in [-0.4, -0.2) is 43.0 Å². The number of aryl methyl sites for hydroxylation is 1. The first-order valence-electron chi connectivity index (χ1n) is 9.54. The van der Waals surface area contributed by atoms with Gasteiger partial charge < -0.3 is 9.47 Å². The number of nitriles is 1. The Hall–Kier alpha value is -4.08. The number of aromatic nitrogens is 2. The molecule has 0 fully saturated rings. The molecule has 0 bridgehead atoms. The number of sulfone groups is 1. The van der Waals surface area contributed by atoms with Gasteiger partial charge in [0.05, 0.1) is 12.7 Å². The van der Waals surface area contributed by atoms with Crippen LogP contribution in [0.5, 0.6) is 11.5 Å². The van der Waals surface area contributed by atoms with E-state index < -0.39 is 26.9 Å². The zero-order valence-corrected chi connectivity index (χ0v) is 19.9.